The molecule has 0 spiro atoms. The van der Waals surface area contributed by atoms with Gasteiger partial charge < -0.3 is 14.5 Å². The summed E-state index contributed by atoms with van der Waals surface area (Å²) in [7, 11) is 0. The number of hydrogen-bond donors (Lipinski definition) is 0. The lowest BCUT2D eigenvalue weighted by Gasteiger charge is -2.42. The Morgan fingerprint density at radius 2 is 1.46 bits per heavy atom. The van der Waals surface area contributed by atoms with Crippen LogP contribution in [0.5, 0.6) is 5.75 Å². The number of carbonyl (C=O) groups excluding carboxylic acids is 3. The molecule has 1 fully saturated rings. The van der Waals surface area contributed by atoms with Gasteiger partial charge in [0.2, 0.25) is 5.91 Å². The molecule has 0 radical (unpaired) electrons. The highest BCUT2D eigenvalue weighted by atomic mass is 16.5. The molecule has 3 heterocycles. The van der Waals surface area contributed by atoms with Gasteiger partial charge in [0.1, 0.15) is 25.1 Å². The van der Waals surface area contributed by atoms with E-state index in [0.717, 1.165) is 30.9 Å². The van der Waals surface area contributed by atoms with Crippen LogP contribution < -0.4 is 9.64 Å². The molecule has 8 nitrogen and oxygen atoms in total. The zero-order chi connectivity index (χ0) is 25.4. The van der Waals surface area contributed by atoms with Gasteiger partial charge in [-0.25, -0.2) is 0 Å². The van der Waals surface area contributed by atoms with Gasteiger partial charge >= 0.3 is 0 Å². The smallest absolute Gasteiger partial charge is 0.260 e. The highest BCUT2D eigenvalue weighted by Crippen LogP contribution is 2.45. The number of ether oxygens (including phenoxy) is 1. The maximum Gasteiger partial charge on any atom is 0.260 e. The number of hydrogen-bond acceptors (Lipinski definition) is 5. The third kappa shape index (κ3) is 4.23. The van der Waals surface area contributed by atoms with Crippen molar-refractivity contribution in [2.24, 2.45) is 0 Å². The van der Waals surface area contributed by atoms with Gasteiger partial charge in [0, 0.05) is 43.9 Å². The third-order valence-electron chi connectivity index (χ3n) is 7.33. The lowest BCUT2D eigenvalue weighted by atomic mass is 10.0. The molecule has 3 aromatic carbocycles. The molecule has 0 aromatic heterocycles. The standard InChI is InChI=1S/C29H28N4O4/c34-26(31-16-14-30(15-17-31)18-19-37-21-8-2-1-3-9-21)20-32-27-22-10-4-5-11-23(22)29(36)33(27)25-13-7-6-12-24(25)28(32)35/h1-13,27H,14-20H2/t27-/m1/s1. The van der Waals surface area contributed by atoms with Gasteiger partial charge in [-0.15, -0.1) is 0 Å². The van der Waals surface area contributed by atoms with E-state index in [9.17, 15) is 14.4 Å². The van der Waals surface area contributed by atoms with Crippen LogP contribution in [0.3, 0.4) is 0 Å². The van der Waals surface area contributed by atoms with Gasteiger partial charge in [0.15, 0.2) is 0 Å². The monoisotopic (exact) mass is 496 g/mol. The van der Waals surface area contributed by atoms with E-state index in [1.54, 1.807) is 34.1 Å². The summed E-state index contributed by atoms with van der Waals surface area (Å²) < 4.78 is 5.80. The molecule has 3 aromatic rings. The zero-order valence-electron chi connectivity index (χ0n) is 20.5. The fourth-order valence-electron chi connectivity index (χ4n) is 5.41. The lowest BCUT2D eigenvalue weighted by molar-refractivity contribution is -0.134. The van der Waals surface area contributed by atoms with Gasteiger partial charge in [-0.3, -0.25) is 24.2 Å². The Labute approximate surface area is 215 Å². The first-order valence-electron chi connectivity index (χ1n) is 12.6. The van der Waals surface area contributed by atoms with Crippen LogP contribution in [0.4, 0.5) is 5.69 Å². The van der Waals surface area contributed by atoms with E-state index in [0.29, 0.717) is 36.5 Å². The molecule has 37 heavy (non-hydrogen) atoms. The van der Waals surface area contributed by atoms with Crippen molar-refractivity contribution in [1.82, 2.24) is 14.7 Å². The number of amides is 3. The van der Waals surface area contributed by atoms with Gasteiger partial charge in [0.25, 0.3) is 11.8 Å². The SMILES string of the molecule is O=C(CN1C(=O)c2ccccc2N2C(=O)c3ccccc3[C@H]12)N1CCN(CCOc2ccccc2)CC1. The third-order valence-corrected chi connectivity index (χ3v) is 7.33. The number of piperazine rings is 1. The Morgan fingerprint density at radius 1 is 0.784 bits per heavy atom. The Hall–Kier alpha value is -4.17. The summed E-state index contributed by atoms with van der Waals surface area (Å²) in [6.07, 6.45) is -0.619. The van der Waals surface area contributed by atoms with Crippen LogP contribution >= 0.6 is 0 Å². The van der Waals surface area contributed by atoms with Gasteiger partial charge in [-0.2, -0.15) is 0 Å². The molecular formula is C29H28N4O4. The minimum Gasteiger partial charge on any atom is -0.492 e. The van der Waals surface area contributed by atoms with Crippen molar-refractivity contribution in [1.29, 1.82) is 0 Å². The van der Waals surface area contributed by atoms with E-state index in [4.69, 9.17) is 4.74 Å². The molecule has 3 aliphatic rings. The predicted molar refractivity (Wildman–Crippen MR) is 138 cm³/mol. The maximum atomic E-state index is 13.6. The van der Waals surface area contributed by atoms with Crippen LogP contribution in [-0.4, -0.2) is 78.3 Å². The normalized spacial score (nSPS) is 18.9. The number of fused-ring (bicyclic) bond motifs is 5. The van der Waals surface area contributed by atoms with Crippen molar-refractivity contribution < 1.29 is 19.1 Å². The van der Waals surface area contributed by atoms with Crippen LogP contribution in [0.15, 0.2) is 78.9 Å². The van der Waals surface area contributed by atoms with E-state index in [-0.39, 0.29) is 24.3 Å². The van der Waals surface area contributed by atoms with Crippen molar-refractivity contribution in [2.45, 2.75) is 6.17 Å². The van der Waals surface area contributed by atoms with E-state index in [1.165, 1.54) is 0 Å². The first-order chi connectivity index (χ1) is 18.1. The van der Waals surface area contributed by atoms with E-state index < -0.39 is 6.17 Å². The van der Waals surface area contributed by atoms with Crippen molar-refractivity contribution in [3.8, 4) is 5.75 Å². The van der Waals surface area contributed by atoms with Gasteiger partial charge in [-0.1, -0.05) is 48.5 Å². The molecule has 6 rings (SSSR count). The zero-order valence-corrected chi connectivity index (χ0v) is 20.5. The fraction of sp³-hybridized carbons (Fsp3) is 0.276. The number of para-hydroxylation sites is 2. The molecule has 1 atom stereocenters. The quantitative estimate of drug-likeness (QED) is 0.525. The summed E-state index contributed by atoms with van der Waals surface area (Å²) in [5.74, 6) is 0.366. The fourth-order valence-corrected chi connectivity index (χ4v) is 5.41. The topological polar surface area (TPSA) is 73.4 Å². The summed E-state index contributed by atoms with van der Waals surface area (Å²) in [5, 5.41) is 0. The molecule has 0 N–H and O–H groups in total. The highest BCUT2D eigenvalue weighted by molar-refractivity contribution is 6.17. The molecule has 0 saturated carbocycles. The molecule has 188 valence electrons. The highest BCUT2D eigenvalue weighted by Gasteiger charge is 2.48. The predicted octanol–water partition coefficient (Wildman–Crippen LogP) is 3.02. The number of benzene rings is 3. The maximum absolute atomic E-state index is 13.6. The Bertz CT molecular complexity index is 1340. The first-order valence-corrected chi connectivity index (χ1v) is 12.6. The van der Waals surface area contributed by atoms with Crippen LogP contribution in [0.25, 0.3) is 0 Å². The Balaban J connectivity index is 1.13. The average Bonchev–Trinajstić information content (AvgIpc) is 3.24. The molecule has 0 bridgehead atoms. The van der Waals surface area contributed by atoms with E-state index >= 15 is 0 Å². The number of nitrogens with zero attached hydrogens (tertiary/aromatic N) is 4. The molecule has 3 aliphatic heterocycles. The summed E-state index contributed by atoms with van der Waals surface area (Å²) in [6.45, 7) is 3.97. The second-order valence-corrected chi connectivity index (χ2v) is 9.47. The molecular weight excluding hydrogens is 468 g/mol. The lowest BCUT2D eigenvalue weighted by Crippen LogP contribution is -2.55. The number of carbonyl (C=O) groups is 3. The second-order valence-electron chi connectivity index (χ2n) is 9.47. The van der Waals surface area contributed by atoms with Crippen LogP contribution in [0.2, 0.25) is 0 Å². The van der Waals surface area contributed by atoms with Crippen molar-refractivity contribution >= 4 is 23.4 Å². The molecule has 0 unspecified atom stereocenters. The summed E-state index contributed by atoms with van der Waals surface area (Å²) >= 11 is 0. The van der Waals surface area contributed by atoms with Crippen molar-refractivity contribution in [3.05, 3.63) is 95.6 Å². The molecule has 0 aliphatic carbocycles. The van der Waals surface area contributed by atoms with E-state index in [2.05, 4.69) is 4.90 Å². The minimum absolute atomic E-state index is 0.0763. The molecule has 3 amide bonds. The largest absolute Gasteiger partial charge is 0.492 e. The number of rotatable bonds is 6. The van der Waals surface area contributed by atoms with Crippen LogP contribution in [-0.2, 0) is 4.79 Å². The van der Waals surface area contributed by atoms with Gasteiger partial charge in [-0.05, 0) is 30.3 Å². The van der Waals surface area contributed by atoms with Gasteiger partial charge in [0.05, 0.1) is 11.3 Å². The average molecular weight is 497 g/mol. The minimum atomic E-state index is -0.619. The molecule has 1 saturated heterocycles. The van der Waals surface area contributed by atoms with E-state index in [1.807, 2.05) is 59.5 Å². The first kappa shape index (κ1) is 23.2. The van der Waals surface area contributed by atoms with Crippen molar-refractivity contribution in [3.63, 3.8) is 0 Å². The second kappa shape index (κ2) is 9.71. The van der Waals surface area contributed by atoms with Crippen LogP contribution in [0.1, 0.15) is 32.4 Å². The number of anilines is 1. The molecule has 8 heteroatoms. The summed E-state index contributed by atoms with van der Waals surface area (Å²) in [6, 6.07) is 24.2. The van der Waals surface area contributed by atoms with Crippen molar-refractivity contribution in [2.75, 3.05) is 50.8 Å². The summed E-state index contributed by atoms with van der Waals surface area (Å²) in [5.41, 5.74) is 2.36. The summed E-state index contributed by atoms with van der Waals surface area (Å²) in [4.78, 5) is 47.6. The van der Waals surface area contributed by atoms with Crippen LogP contribution in [0, 0.1) is 0 Å². The Morgan fingerprint density at radius 3 is 2.24 bits per heavy atom. The Kier molecular flexibility index (Phi) is 6.10.